The van der Waals surface area contributed by atoms with Crippen molar-refractivity contribution in [3.8, 4) is 0 Å². The van der Waals surface area contributed by atoms with Crippen molar-refractivity contribution in [2.75, 3.05) is 19.0 Å². The van der Waals surface area contributed by atoms with Crippen LogP contribution in [0.2, 0.25) is 0 Å². The number of carboxylic acids is 1. The topological polar surface area (TPSA) is 76.6 Å². The Morgan fingerprint density at radius 2 is 1.67 bits per heavy atom. The Balaban J connectivity index is 1.67. The van der Waals surface area contributed by atoms with Gasteiger partial charge in [0.1, 0.15) is 5.92 Å². The fraction of sp³-hybridized carbons (Fsp3) is 0.185. The Morgan fingerprint density at radius 3 is 2.39 bits per heavy atom. The van der Waals surface area contributed by atoms with Gasteiger partial charge in [0.15, 0.2) is 0 Å². The normalized spacial score (nSPS) is 17.8. The number of carboxylic acid groups (broad SMARTS) is 1. The number of hydrogen-bond donors (Lipinski definition) is 2. The predicted octanol–water partition coefficient (Wildman–Crippen LogP) is 4.80. The van der Waals surface area contributed by atoms with Gasteiger partial charge in [0, 0.05) is 54.6 Å². The smallest absolute Gasteiger partial charge is 0.313 e. The molecule has 0 saturated heterocycles. The van der Waals surface area contributed by atoms with Crippen LogP contribution in [0.5, 0.6) is 0 Å². The third-order valence-corrected chi connectivity index (χ3v) is 6.45. The second-order valence-corrected chi connectivity index (χ2v) is 8.63. The summed E-state index contributed by atoms with van der Waals surface area (Å²) in [7, 11) is 3.95. The lowest BCUT2D eigenvalue weighted by molar-refractivity contribution is -0.140. The van der Waals surface area contributed by atoms with Crippen molar-refractivity contribution in [2.24, 2.45) is 0 Å². The molecule has 1 aromatic heterocycles. The molecule has 3 aromatic carbocycles. The van der Waals surface area contributed by atoms with E-state index >= 15 is 0 Å². The van der Waals surface area contributed by atoms with Crippen LogP contribution in [0.1, 0.15) is 39.0 Å². The average molecular weight is 440 g/mol. The Hall–Kier alpha value is -4.06. The molecule has 0 aliphatic carbocycles. The van der Waals surface area contributed by atoms with E-state index in [1.165, 1.54) is 0 Å². The molecule has 2 unspecified atom stereocenters. The van der Waals surface area contributed by atoms with Crippen molar-refractivity contribution < 1.29 is 14.7 Å². The number of para-hydroxylation sites is 1. The molecule has 5 rings (SSSR count). The van der Waals surface area contributed by atoms with E-state index in [9.17, 15) is 14.7 Å². The maximum Gasteiger partial charge on any atom is 0.313 e. The van der Waals surface area contributed by atoms with Gasteiger partial charge in [-0.05, 0) is 35.4 Å². The molecule has 2 N–H and O–H groups in total. The summed E-state index contributed by atoms with van der Waals surface area (Å²) < 4.78 is 0. The standard InChI is InChI=1S/C27H25N3O3/c1-29(2)18-13-11-17(12-14-18)16-30-25(22-15-28-23-10-6-5-7-19(22)23)24(27(32)33)20-8-3-4-9-21(20)26(30)31/h3-15,24-25,28H,16H2,1-2H3,(H,32,33). The number of nitrogens with zero attached hydrogens (tertiary/aromatic N) is 2. The zero-order valence-electron chi connectivity index (χ0n) is 18.5. The monoisotopic (exact) mass is 439 g/mol. The number of fused-ring (bicyclic) bond motifs is 2. The number of aromatic nitrogens is 1. The highest BCUT2D eigenvalue weighted by Crippen LogP contribution is 2.45. The third kappa shape index (κ3) is 3.53. The van der Waals surface area contributed by atoms with Crippen LogP contribution >= 0.6 is 0 Å². The van der Waals surface area contributed by atoms with E-state index in [0.29, 0.717) is 17.7 Å². The second-order valence-electron chi connectivity index (χ2n) is 8.63. The SMILES string of the molecule is CN(C)c1ccc(CN2C(=O)c3ccccc3C(C(=O)O)C2c2c[nH]c3ccccc23)cc1. The van der Waals surface area contributed by atoms with Crippen LogP contribution in [0.4, 0.5) is 5.69 Å². The Kier molecular flexibility index (Phi) is 5.13. The van der Waals surface area contributed by atoms with E-state index in [-0.39, 0.29) is 5.91 Å². The number of hydrogen-bond acceptors (Lipinski definition) is 3. The molecule has 33 heavy (non-hydrogen) atoms. The first-order valence-corrected chi connectivity index (χ1v) is 10.9. The second kappa shape index (κ2) is 8.13. The number of benzene rings is 3. The average Bonchev–Trinajstić information content (AvgIpc) is 3.24. The summed E-state index contributed by atoms with van der Waals surface area (Å²) in [6, 6.07) is 22.2. The lowest BCUT2D eigenvalue weighted by Crippen LogP contribution is -2.44. The summed E-state index contributed by atoms with van der Waals surface area (Å²) >= 11 is 0. The molecular weight excluding hydrogens is 414 g/mol. The van der Waals surface area contributed by atoms with E-state index in [2.05, 4.69) is 4.98 Å². The van der Waals surface area contributed by atoms with Crippen molar-refractivity contribution in [1.82, 2.24) is 9.88 Å². The number of aromatic amines is 1. The van der Waals surface area contributed by atoms with Crippen LogP contribution < -0.4 is 4.90 Å². The maximum absolute atomic E-state index is 13.7. The van der Waals surface area contributed by atoms with Crippen LogP contribution in [0.25, 0.3) is 10.9 Å². The first-order valence-electron chi connectivity index (χ1n) is 10.9. The molecule has 0 saturated carbocycles. The van der Waals surface area contributed by atoms with Gasteiger partial charge < -0.3 is 19.9 Å². The molecule has 1 aliphatic rings. The van der Waals surface area contributed by atoms with Crippen LogP contribution in [0.15, 0.2) is 79.0 Å². The highest BCUT2D eigenvalue weighted by Gasteiger charge is 2.45. The van der Waals surface area contributed by atoms with Crippen LogP contribution in [-0.4, -0.2) is 41.0 Å². The summed E-state index contributed by atoms with van der Waals surface area (Å²) in [5.41, 5.74) is 4.74. The van der Waals surface area contributed by atoms with Crippen LogP contribution in [0.3, 0.4) is 0 Å². The van der Waals surface area contributed by atoms with E-state index < -0.39 is 17.9 Å². The molecule has 1 aliphatic heterocycles. The minimum Gasteiger partial charge on any atom is -0.481 e. The predicted molar refractivity (Wildman–Crippen MR) is 129 cm³/mol. The highest BCUT2D eigenvalue weighted by atomic mass is 16.4. The van der Waals surface area contributed by atoms with E-state index in [1.807, 2.05) is 73.7 Å². The number of amides is 1. The van der Waals surface area contributed by atoms with Gasteiger partial charge in [0.2, 0.25) is 0 Å². The Labute approximate surface area is 192 Å². The van der Waals surface area contributed by atoms with Gasteiger partial charge in [0.25, 0.3) is 5.91 Å². The van der Waals surface area contributed by atoms with Crippen molar-refractivity contribution >= 4 is 28.5 Å². The van der Waals surface area contributed by atoms with Gasteiger partial charge in [-0.15, -0.1) is 0 Å². The van der Waals surface area contributed by atoms with Crippen molar-refractivity contribution in [2.45, 2.75) is 18.5 Å². The molecule has 2 atom stereocenters. The number of nitrogens with one attached hydrogen (secondary N) is 1. The lowest BCUT2D eigenvalue weighted by atomic mass is 9.79. The largest absolute Gasteiger partial charge is 0.481 e. The van der Waals surface area contributed by atoms with Crippen LogP contribution in [-0.2, 0) is 11.3 Å². The molecule has 166 valence electrons. The van der Waals surface area contributed by atoms with E-state index in [0.717, 1.165) is 27.7 Å². The number of H-pyrrole nitrogens is 1. The van der Waals surface area contributed by atoms with Crippen molar-refractivity contribution in [3.63, 3.8) is 0 Å². The summed E-state index contributed by atoms with van der Waals surface area (Å²) in [4.78, 5) is 33.3. The molecule has 4 aromatic rings. The van der Waals surface area contributed by atoms with E-state index in [1.54, 1.807) is 29.2 Å². The number of anilines is 1. The number of aliphatic carboxylic acids is 1. The van der Waals surface area contributed by atoms with Crippen molar-refractivity contribution in [1.29, 1.82) is 0 Å². The van der Waals surface area contributed by atoms with E-state index in [4.69, 9.17) is 0 Å². The molecule has 6 nitrogen and oxygen atoms in total. The fourth-order valence-corrected chi connectivity index (χ4v) is 4.81. The van der Waals surface area contributed by atoms with Crippen molar-refractivity contribution in [3.05, 3.63) is 101 Å². The number of carbonyl (C=O) groups excluding carboxylic acids is 1. The minimum absolute atomic E-state index is 0.157. The zero-order valence-corrected chi connectivity index (χ0v) is 18.5. The molecule has 1 amide bonds. The van der Waals surface area contributed by atoms with Gasteiger partial charge in [-0.1, -0.05) is 48.5 Å². The first kappa shape index (κ1) is 20.8. The molecule has 0 fully saturated rings. The summed E-state index contributed by atoms with van der Waals surface area (Å²) in [6.45, 7) is 0.314. The lowest BCUT2D eigenvalue weighted by Gasteiger charge is -2.40. The molecule has 2 heterocycles. The summed E-state index contributed by atoms with van der Waals surface area (Å²) in [5.74, 6) is -1.98. The summed E-state index contributed by atoms with van der Waals surface area (Å²) in [6.07, 6.45) is 1.84. The third-order valence-electron chi connectivity index (χ3n) is 6.45. The highest BCUT2D eigenvalue weighted by molar-refractivity contribution is 6.01. The quantitative estimate of drug-likeness (QED) is 0.468. The summed E-state index contributed by atoms with van der Waals surface area (Å²) in [5, 5.41) is 11.3. The maximum atomic E-state index is 13.7. The number of rotatable bonds is 5. The molecule has 0 spiro atoms. The minimum atomic E-state index is -0.946. The van der Waals surface area contributed by atoms with Crippen LogP contribution in [0, 0.1) is 0 Å². The fourth-order valence-electron chi connectivity index (χ4n) is 4.81. The zero-order chi connectivity index (χ0) is 23.1. The van der Waals surface area contributed by atoms with Gasteiger partial charge in [-0.25, -0.2) is 0 Å². The van der Waals surface area contributed by atoms with Gasteiger partial charge in [-0.3, -0.25) is 9.59 Å². The molecular formula is C27H25N3O3. The number of carbonyl (C=O) groups is 2. The Morgan fingerprint density at radius 1 is 0.970 bits per heavy atom. The van der Waals surface area contributed by atoms with Gasteiger partial charge in [-0.2, -0.15) is 0 Å². The molecule has 0 radical (unpaired) electrons. The Bertz CT molecular complexity index is 1340. The van der Waals surface area contributed by atoms with Gasteiger partial charge in [0.05, 0.1) is 6.04 Å². The first-order chi connectivity index (χ1) is 16.0. The van der Waals surface area contributed by atoms with Gasteiger partial charge >= 0.3 is 5.97 Å². The molecule has 6 heteroatoms. The molecule has 0 bridgehead atoms.